The zero-order valence-corrected chi connectivity index (χ0v) is 12.6. The second kappa shape index (κ2) is 5.54. The Kier molecular flexibility index (Phi) is 3.76. The number of hydrogen-bond acceptors (Lipinski definition) is 3. The lowest BCUT2D eigenvalue weighted by atomic mass is 9.95. The normalized spacial score (nSPS) is 12.8. The van der Waals surface area contributed by atoms with Crippen LogP contribution in [0.1, 0.15) is 22.7 Å². The van der Waals surface area contributed by atoms with Gasteiger partial charge < -0.3 is 0 Å². The van der Waals surface area contributed by atoms with Gasteiger partial charge in [-0.05, 0) is 52.6 Å². The number of hydrazine groups is 1. The number of nitrogens with one attached hydrogen (secondary N) is 1. The van der Waals surface area contributed by atoms with Gasteiger partial charge in [0.2, 0.25) is 0 Å². The molecule has 1 atom stereocenters. The topological polar surface area (TPSA) is 38.0 Å². The Morgan fingerprint density at radius 2 is 2.00 bits per heavy atom. The van der Waals surface area contributed by atoms with Crippen LogP contribution < -0.4 is 11.3 Å². The third kappa shape index (κ3) is 2.34. The molecule has 3 rings (SSSR count). The lowest BCUT2D eigenvalue weighted by Gasteiger charge is -2.20. The summed E-state index contributed by atoms with van der Waals surface area (Å²) >= 11 is 7.87. The Morgan fingerprint density at radius 3 is 2.80 bits per heavy atom. The van der Waals surface area contributed by atoms with Gasteiger partial charge in [0, 0.05) is 9.72 Å². The van der Waals surface area contributed by atoms with Crippen LogP contribution >= 0.6 is 22.9 Å². The van der Waals surface area contributed by atoms with Crippen molar-refractivity contribution in [3.63, 3.8) is 0 Å². The van der Waals surface area contributed by atoms with Crippen LogP contribution in [-0.2, 0) is 0 Å². The van der Waals surface area contributed by atoms with E-state index in [0.29, 0.717) is 0 Å². The molecule has 0 aliphatic carbocycles. The summed E-state index contributed by atoms with van der Waals surface area (Å²) in [6.07, 6.45) is 0. The van der Waals surface area contributed by atoms with Crippen molar-refractivity contribution in [2.24, 2.45) is 5.84 Å². The molecule has 102 valence electrons. The number of nitrogens with two attached hydrogens (primary N) is 1. The summed E-state index contributed by atoms with van der Waals surface area (Å²) in [4.78, 5) is 0. The van der Waals surface area contributed by atoms with Crippen LogP contribution in [0.15, 0.2) is 47.8 Å². The van der Waals surface area contributed by atoms with Crippen LogP contribution in [0.3, 0.4) is 0 Å². The fraction of sp³-hybridized carbons (Fsp3) is 0.125. The van der Waals surface area contributed by atoms with Gasteiger partial charge in [-0.1, -0.05) is 35.9 Å². The average Bonchev–Trinajstić information content (AvgIpc) is 2.92. The highest BCUT2D eigenvalue weighted by molar-refractivity contribution is 7.17. The van der Waals surface area contributed by atoms with E-state index < -0.39 is 0 Å². The summed E-state index contributed by atoms with van der Waals surface area (Å²) in [6, 6.07) is 14.3. The molecule has 2 aromatic carbocycles. The second-order valence-electron chi connectivity index (χ2n) is 4.79. The molecule has 0 amide bonds. The molecular weight excluding hydrogens is 288 g/mol. The zero-order valence-electron chi connectivity index (χ0n) is 11.1. The van der Waals surface area contributed by atoms with E-state index in [2.05, 4.69) is 42.0 Å². The molecule has 1 heterocycles. The number of rotatable bonds is 3. The van der Waals surface area contributed by atoms with E-state index in [1.165, 1.54) is 21.2 Å². The Balaban J connectivity index is 2.19. The summed E-state index contributed by atoms with van der Waals surface area (Å²) < 4.78 is 1.26. The van der Waals surface area contributed by atoms with Crippen LogP contribution in [-0.4, -0.2) is 0 Å². The highest BCUT2D eigenvalue weighted by atomic mass is 35.5. The number of aryl methyl sites for hydroxylation is 1. The van der Waals surface area contributed by atoms with E-state index in [9.17, 15) is 0 Å². The van der Waals surface area contributed by atoms with Gasteiger partial charge >= 0.3 is 0 Å². The van der Waals surface area contributed by atoms with E-state index in [4.69, 9.17) is 17.4 Å². The minimum atomic E-state index is -0.0592. The molecule has 2 nitrogen and oxygen atoms in total. The first kappa shape index (κ1) is 13.6. The molecule has 0 spiro atoms. The molecule has 0 saturated carbocycles. The van der Waals surface area contributed by atoms with Crippen molar-refractivity contribution in [3.05, 3.63) is 69.6 Å². The first-order valence-corrected chi connectivity index (χ1v) is 7.65. The van der Waals surface area contributed by atoms with Gasteiger partial charge in [0.05, 0.1) is 6.04 Å². The Bertz CT molecular complexity index is 751. The Labute approximate surface area is 127 Å². The van der Waals surface area contributed by atoms with E-state index in [0.717, 1.165) is 10.6 Å². The number of thiophene rings is 1. The van der Waals surface area contributed by atoms with Gasteiger partial charge in [0.15, 0.2) is 0 Å². The maximum absolute atomic E-state index is 6.14. The molecular formula is C16H15ClN2S. The first-order valence-electron chi connectivity index (χ1n) is 6.39. The molecule has 3 aromatic rings. The van der Waals surface area contributed by atoms with Crippen LogP contribution in [0.5, 0.6) is 0 Å². The predicted molar refractivity (Wildman–Crippen MR) is 87.2 cm³/mol. The first-order chi connectivity index (χ1) is 9.70. The summed E-state index contributed by atoms with van der Waals surface area (Å²) in [5, 5.41) is 4.07. The number of halogens is 1. The van der Waals surface area contributed by atoms with Gasteiger partial charge in [-0.3, -0.25) is 5.84 Å². The molecule has 1 unspecified atom stereocenters. The Morgan fingerprint density at radius 1 is 1.15 bits per heavy atom. The van der Waals surface area contributed by atoms with Crippen LogP contribution in [0.2, 0.25) is 5.02 Å². The monoisotopic (exact) mass is 302 g/mol. The molecule has 0 aliphatic rings. The van der Waals surface area contributed by atoms with Crippen molar-refractivity contribution in [3.8, 4) is 0 Å². The lowest BCUT2D eigenvalue weighted by molar-refractivity contribution is 0.638. The van der Waals surface area contributed by atoms with Crippen molar-refractivity contribution >= 4 is 33.0 Å². The standard InChI is InChI=1S/C16H15ClN2S/c1-10-5-6-12(17)9-14(10)15(19-18)13-4-2-3-11-7-8-20-16(11)13/h2-9,15,19H,18H2,1H3. The molecule has 3 N–H and O–H groups in total. The van der Waals surface area contributed by atoms with Crippen molar-refractivity contribution in [1.29, 1.82) is 0 Å². The third-order valence-corrected chi connectivity index (χ3v) is 4.75. The lowest BCUT2D eigenvalue weighted by Crippen LogP contribution is -2.29. The molecule has 1 aromatic heterocycles. The van der Waals surface area contributed by atoms with Crippen molar-refractivity contribution in [1.82, 2.24) is 5.43 Å². The number of benzene rings is 2. The van der Waals surface area contributed by atoms with Crippen LogP contribution in [0.4, 0.5) is 0 Å². The highest BCUT2D eigenvalue weighted by Gasteiger charge is 2.18. The Hall–Kier alpha value is -1.39. The maximum Gasteiger partial charge on any atom is 0.0727 e. The minimum absolute atomic E-state index is 0.0592. The molecule has 0 aliphatic heterocycles. The molecule has 4 heteroatoms. The smallest absolute Gasteiger partial charge is 0.0727 e. The molecule has 0 radical (unpaired) electrons. The van der Waals surface area contributed by atoms with Crippen LogP contribution in [0.25, 0.3) is 10.1 Å². The van der Waals surface area contributed by atoms with Gasteiger partial charge in [-0.25, -0.2) is 5.43 Å². The van der Waals surface area contributed by atoms with Crippen molar-refractivity contribution in [2.75, 3.05) is 0 Å². The van der Waals surface area contributed by atoms with E-state index >= 15 is 0 Å². The van der Waals surface area contributed by atoms with Crippen LogP contribution in [0, 0.1) is 6.92 Å². The summed E-state index contributed by atoms with van der Waals surface area (Å²) in [7, 11) is 0. The minimum Gasteiger partial charge on any atom is -0.271 e. The van der Waals surface area contributed by atoms with E-state index in [1.807, 2.05) is 18.2 Å². The fourth-order valence-electron chi connectivity index (χ4n) is 2.51. The second-order valence-corrected chi connectivity index (χ2v) is 6.14. The number of fused-ring (bicyclic) bond motifs is 1. The molecule has 0 saturated heterocycles. The SMILES string of the molecule is Cc1ccc(Cl)cc1C(NN)c1cccc2ccsc12. The van der Waals surface area contributed by atoms with Crippen molar-refractivity contribution < 1.29 is 0 Å². The molecule has 20 heavy (non-hydrogen) atoms. The van der Waals surface area contributed by atoms with Gasteiger partial charge in [-0.15, -0.1) is 11.3 Å². The molecule has 0 fully saturated rings. The maximum atomic E-state index is 6.14. The zero-order chi connectivity index (χ0) is 14.1. The largest absolute Gasteiger partial charge is 0.271 e. The molecule has 0 bridgehead atoms. The number of hydrogen-bond donors (Lipinski definition) is 2. The van der Waals surface area contributed by atoms with Gasteiger partial charge in [0.25, 0.3) is 0 Å². The average molecular weight is 303 g/mol. The quantitative estimate of drug-likeness (QED) is 0.555. The van der Waals surface area contributed by atoms with Gasteiger partial charge in [-0.2, -0.15) is 0 Å². The predicted octanol–water partition coefficient (Wildman–Crippen LogP) is 4.42. The fourth-order valence-corrected chi connectivity index (χ4v) is 3.64. The summed E-state index contributed by atoms with van der Waals surface area (Å²) in [6.45, 7) is 2.07. The summed E-state index contributed by atoms with van der Waals surface area (Å²) in [5.74, 6) is 5.83. The third-order valence-electron chi connectivity index (χ3n) is 3.54. The highest BCUT2D eigenvalue weighted by Crippen LogP contribution is 2.33. The van der Waals surface area contributed by atoms with Crippen molar-refractivity contribution in [2.45, 2.75) is 13.0 Å². The van der Waals surface area contributed by atoms with Gasteiger partial charge in [0.1, 0.15) is 0 Å². The van der Waals surface area contributed by atoms with E-state index in [-0.39, 0.29) is 6.04 Å². The summed E-state index contributed by atoms with van der Waals surface area (Å²) in [5.41, 5.74) is 6.40. The van der Waals surface area contributed by atoms with E-state index in [1.54, 1.807) is 11.3 Å².